The zero-order valence-corrected chi connectivity index (χ0v) is 12.0. The summed E-state index contributed by atoms with van der Waals surface area (Å²) in [5.74, 6) is 0. The van der Waals surface area contributed by atoms with Gasteiger partial charge in [-0.15, -0.1) is 0 Å². The minimum atomic E-state index is -0.0878. The highest BCUT2D eigenvalue weighted by Gasteiger charge is 2.18. The van der Waals surface area contributed by atoms with Crippen LogP contribution in [-0.4, -0.2) is 17.3 Å². The van der Waals surface area contributed by atoms with Crippen LogP contribution in [0.4, 0.5) is 0 Å². The summed E-state index contributed by atoms with van der Waals surface area (Å²) in [7, 11) is 0. The van der Waals surface area contributed by atoms with Crippen LogP contribution in [-0.2, 0) is 6.54 Å². The van der Waals surface area contributed by atoms with Gasteiger partial charge in [-0.1, -0.05) is 17.7 Å². The topological polar surface area (TPSA) is 32.3 Å². The van der Waals surface area contributed by atoms with E-state index in [9.17, 15) is 5.11 Å². The van der Waals surface area contributed by atoms with E-state index in [2.05, 4.69) is 27.3 Å². The van der Waals surface area contributed by atoms with Crippen molar-refractivity contribution in [2.45, 2.75) is 44.4 Å². The fourth-order valence-electron chi connectivity index (χ4n) is 2.19. The van der Waals surface area contributed by atoms with Crippen molar-refractivity contribution < 1.29 is 5.11 Å². The molecule has 0 spiro atoms. The number of rotatable bonds is 3. The maximum Gasteiger partial charge on any atom is 0.0551 e. The lowest BCUT2D eigenvalue weighted by atomic mass is 9.93. The molecular formula is C13H17BrClNO. The van der Waals surface area contributed by atoms with E-state index in [4.69, 9.17) is 11.6 Å². The first-order chi connectivity index (χ1) is 8.15. The van der Waals surface area contributed by atoms with Gasteiger partial charge in [-0.05, 0) is 59.3 Å². The summed E-state index contributed by atoms with van der Waals surface area (Å²) in [6.07, 6.45) is 3.86. The molecule has 0 aliphatic heterocycles. The van der Waals surface area contributed by atoms with Gasteiger partial charge in [-0.25, -0.2) is 0 Å². The Kier molecular flexibility index (Phi) is 4.86. The molecule has 1 saturated carbocycles. The number of hydrogen-bond donors (Lipinski definition) is 2. The molecule has 0 unspecified atom stereocenters. The predicted octanol–water partition coefficient (Wildman–Crippen LogP) is 3.50. The van der Waals surface area contributed by atoms with E-state index < -0.39 is 0 Å². The van der Waals surface area contributed by atoms with Crippen molar-refractivity contribution in [3.05, 3.63) is 33.3 Å². The van der Waals surface area contributed by atoms with Crippen LogP contribution in [0.2, 0.25) is 5.02 Å². The second kappa shape index (κ2) is 6.19. The van der Waals surface area contributed by atoms with Crippen molar-refractivity contribution in [2.24, 2.45) is 0 Å². The second-order valence-corrected chi connectivity index (χ2v) is 5.90. The smallest absolute Gasteiger partial charge is 0.0551 e. The minimum absolute atomic E-state index is 0.0878. The number of aliphatic hydroxyl groups is 1. The Morgan fingerprint density at radius 1 is 1.29 bits per heavy atom. The van der Waals surface area contributed by atoms with Gasteiger partial charge in [0.15, 0.2) is 0 Å². The van der Waals surface area contributed by atoms with Crippen LogP contribution in [0.5, 0.6) is 0 Å². The number of nitrogens with one attached hydrogen (secondary N) is 1. The quantitative estimate of drug-likeness (QED) is 0.894. The highest BCUT2D eigenvalue weighted by atomic mass is 79.9. The normalized spacial score (nSPS) is 24.9. The summed E-state index contributed by atoms with van der Waals surface area (Å²) in [5.41, 5.74) is 1.20. The van der Waals surface area contributed by atoms with Crippen molar-refractivity contribution in [3.8, 4) is 0 Å². The second-order valence-electron chi connectivity index (χ2n) is 4.63. The zero-order valence-electron chi connectivity index (χ0n) is 9.63. The largest absolute Gasteiger partial charge is 0.393 e. The van der Waals surface area contributed by atoms with Crippen molar-refractivity contribution in [2.75, 3.05) is 0 Å². The predicted molar refractivity (Wildman–Crippen MR) is 74.3 cm³/mol. The molecular weight excluding hydrogens is 302 g/mol. The van der Waals surface area contributed by atoms with Gasteiger partial charge in [-0.2, -0.15) is 0 Å². The van der Waals surface area contributed by atoms with E-state index in [-0.39, 0.29) is 6.10 Å². The van der Waals surface area contributed by atoms with Crippen LogP contribution >= 0.6 is 27.5 Å². The first-order valence-corrected chi connectivity index (χ1v) is 7.17. The molecule has 0 amide bonds. The first-order valence-electron chi connectivity index (χ1n) is 6.00. The molecule has 4 heteroatoms. The molecule has 0 atom stereocenters. The monoisotopic (exact) mass is 317 g/mol. The molecule has 1 aromatic rings. The summed E-state index contributed by atoms with van der Waals surface area (Å²) in [6.45, 7) is 0.841. The van der Waals surface area contributed by atoms with E-state index in [0.29, 0.717) is 6.04 Å². The highest BCUT2D eigenvalue weighted by Crippen LogP contribution is 2.24. The van der Waals surface area contributed by atoms with Gasteiger partial charge < -0.3 is 10.4 Å². The number of halogens is 2. The fraction of sp³-hybridized carbons (Fsp3) is 0.538. The molecule has 1 aliphatic carbocycles. The van der Waals surface area contributed by atoms with E-state index in [1.165, 1.54) is 5.56 Å². The maximum absolute atomic E-state index is 9.43. The minimum Gasteiger partial charge on any atom is -0.393 e. The Bertz CT molecular complexity index is 378. The average molecular weight is 319 g/mol. The van der Waals surface area contributed by atoms with Crippen molar-refractivity contribution in [1.29, 1.82) is 0 Å². The van der Waals surface area contributed by atoms with E-state index in [0.717, 1.165) is 41.7 Å². The fourth-order valence-corrected chi connectivity index (χ4v) is 2.64. The first kappa shape index (κ1) is 13.3. The lowest BCUT2D eigenvalue weighted by molar-refractivity contribution is 0.116. The van der Waals surface area contributed by atoms with Gasteiger partial charge in [0.1, 0.15) is 0 Å². The molecule has 0 aromatic heterocycles. The summed E-state index contributed by atoms with van der Waals surface area (Å²) >= 11 is 9.43. The molecule has 2 N–H and O–H groups in total. The van der Waals surface area contributed by atoms with Gasteiger partial charge in [0.2, 0.25) is 0 Å². The van der Waals surface area contributed by atoms with E-state index in [1.54, 1.807) is 0 Å². The lowest BCUT2D eigenvalue weighted by Crippen LogP contribution is -2.34. The van der Waals surface area contributed by atoms with Gasteiger partial charge in [0, 0.05) is 17.1 Å². The number of hydrogen-bond acceptors (Lipinski definition) is 2. The summed E-state index contributed by atoms with van der Waals surface area (Å²) in [5, 5.41) is 13.7. The van der Waals surface area contributed by atoms with Crippen molar-refractivity contribution in [3.63, 3.8) is 0 Å². The average Bonchev–Trinajstić information content (AvgIpc) is 2.33. The van der Waals surface area contributed by atoms with Gasteiger partial charge in [-0.3, -0.25) is 0 Å². The molecule has 2 nitrogen and oxygen atoms in total. The molecule has 1 aromatic carbocycles. The Morgan fingerprint density at radius 3 is 2.65 bits per heavy atom. The number of benzene rings is 1. The third-order valence-electron chi connectivity index (χ3n) is 3.28. The van der Waals surface area contributed by atoms with Gasteiger partial charge in [0.25, 0.3) is 0 Å². The lowest BCUT2D eigenvalue weighted by Gasteiger charge is -2.26. The number of aliphatic hydroxyl groups excluding tert-OH is 1. The summed E-state index contributed by atoms with van der Waals surface area (Å²) < 4.78 is 0.934. The highest BCUT2D eigenvalue weighted by molar-refractivity contribution is 9.10. The standard InChI is InChI=1S/C13H17BrClNO/c14-12-6-1-9(7-13(12)15)8-16-10-2-4-11(17)5-3-10/h1,6-7,10-11,16-17H,2-5,8H2. The van der Waals surface area contributed by atoms with Gasteiger partial charge in [0.05, 0.1) is 11.1 Å². The SMILES string of the molecule is OC1CCC(NCc2ccc(Br)c(Cl)c2)CC1. The van der Waals surface area contributed by atoms with Crippen LogP contribution in [0.15, 0.2) is 22.7 Å². The Hall–Kier alpha value is -0.0900. The van der Waals surface area contributed by atoms with Crippen LogP contribution in [0.3, 0.4) is 0 Å². The third-order valence-corrected chi connectivity index (χ3v) is 4.51. The van der Waals surface area contributed by atoms with Crippen LogP contribution < -0.4 is 5.32 Å². The van der Waals surface area contributed by atoms with Gasteiger partial charge >= 0.3 is 0 Å². The molecule has 17 heavy (non-hydrogen) atoms. The molecule has 1 fully saturated rings. The van der Waals surface area contributed by atoms with E-state index in [1.807, 2.05) is 12.1 Å². The zero-order chi connectivity index (χ0) is 12.3. The van der Waals surface area contributed by atoms with Crippen molar-refractivity contribution in [1.82, 2.24) is 5.32 Å². The van der Waals surface area contributed by atoms with Crippen LogP contribution in [0, 0.1) is 0 Å². The maximum atomic E-state index is 9.43. The third kappa shape index (κ3) is 3.95. The molecule has 0 radical (unpaired) electrons. The molecule has 94 valence electrons. The summed E-state index contributed by atoms with van der Waals surface area (Å²) in [4.78, 5) is 0. The molecule has 1 aliphatic rings. The van der Waals surface area contributed by atoms with Crippen LogP contribution in [0.25, 0.3) is 0 Å². The Balaban J connectivity index is 1.83. The molecule has 2 rings (SSSR count). The van der Waals surface area contributed by atoms with E-state index >= 15 is 0 Å². The molecule has 0 bridgehead atoms. The molecule has 0 heterocycles. The Labute approximate surface area is 115 Å². The Morgan fingerprint density at radius 2 is 2.00 bits per heavy atom. The van der Waals surface area contributed by atoms with Crippen LogP contribution in [0.1, 0.15) is 31.2 Å². The summed E-state index contributed by atoms with van der Waals surface area (Å²) in [6, 6.07) is 6.56. The van der Waals surface area contributed by atoms with Crippen molar-refractivity contribution >= 4 is 27.5 Å². The molecule has 0 saturated heterocycles.